The van der Waals surface area contributed by atoms with Crippen molar-refractivity contribution in [3.8, 4) is 0 Å². The van der Waals surface area contributed by atoms with Crippen molar-refractivity contribution in [3.63, 3.8) is 0 Å². The van der Waals surface area contributed by atoms with Gasteiger partial charge in [-0.15, -0.1) is 0 Å². The van der Waals surface area contributed by atoms with Crippen LogP contribution in [0.3, 0.4) is 0 Å². The van der Waals surface area contributed by atoms with Crippen molar-refractivity contribution < 1.29 is 4.39 Å². The Morgan fingerprint density at radius 3 is 2.50 bits per heavy atom. The van der Waals surface area contributed by atoms with Gasteiger partial charge in [-0.05, 0) is 42.5 Å². The standard InChI is InChI=1S/C10H12FN/c11-9-3-1-7(2-4-9)10-5-8(10)6-12/h1-4,8,10H,5-6,12H2/t8-,10+/m1/s1. The minimum atomic E-state index is -0.163. The molecule has 1 fully saturated rings. The second kappa shape index (κ2) is 2.87. The monoisotopic (exact) mass is 165 g/mol. The first-order valence-electron chi connectivity index (χ1n) is 4.27. The van der Waals surface area contributed by atoms with Crippen molar-refractivity contribution in [2.24, 2.45) is 11.7 Å². The molecule has 0 bridgehead atoms. The van der Waals surface area contributed by atoms with E-state index in [1.807, 2.05) is 12.1 Å². The molecular formula is C10H12FN. The van der Waals surface area contributed by atoms with Gasteiger partial charge in [0.1, 0.15) is 5.82 Å². The minimum Gasteiger partial charge on any atom is -0.330 e. The highest BCUT2D eigenvalue weighted by molar-refractivity contribution is 5.26. The van der Waals surface area contributed by atoms with Crippen molar-refractivity contribution >= 4 is 0 Å². The normalized spacial score (nSPS) is 27.2. The van der Waals surface area contributed by atoms with E-state index in [4.69, 9.17) is 5.73 Å². The third-order valence-corrected chi connectivity index (χ3v) is 2.52. The first-order chi connectivity index (χ1) is 5.81. The Balaban J connectivity index is 2.10. The van der Waals surface area contributed by atoms with Crippen molar-refractivity contribution in [3.05, 3.63) is 35.6 Å². The summed E-state index contributed by atoms with van der Waals surface area (Å²) in [7, 11) is 0. The second-order valence-corrected chi connectivity index (χ2v) is 3.39. The molecule has 1 nitrogen and oxygen atoms in total. The zero-order chi connectivity index (χ0) is 8.55. The highest BCUT2D eigenvalue weighted by atomic mass is 19.1. The predicted octanol–water partition coefficient (Wildman–Crippen LogP) is 1.89. The van der Waals surface area contributed by atoms with Crippen LogP contribution in [0.5, 0.6) is 0 Å². The Labute approximate surface area is 71.4 Å². The number of hydrogen-bond donors (Lipinski definition) is 1. The van der Waals surface area contributed by atoms with Crippen molar-refractivity contribution in [2.45, 2.75) is 12.3 Å². The van der Waals surface area contributed by atoms with Crippen LogP contribution in [0.25, 0.3) is 0 Å². The van der Waals surface area contributed by atoms with Crippen LogP contribution in [0, 0.1) is 11.7 Å². The average molecular weight is 165 g/mol. The molecule has 2 atom stereocenters. The summed E-state index contributed by atoms with van der Waals surface area (Å²) >= 11 is 0. The smallest absolute Gasteiger partial charge is 0.123 e. The topological polar surface area (TPSA) is 26.0 Å². The summed E-state index contributed by atoms with van der Waals surface area (Å²) in [5, 5.41) is 0. The molecule has 0 aromatic heterocycles. The maximum Gasteiger partial charge on any atom is 0.123 e. The van der Waals surface area contributed by atoms with Gasteiger partial charge < -0.3 is 5.73 Å². The number of benzene rings is 1. The second-order valence-electron chi connectivity index (χ2n) is 3.39. The molecule has 64 valence electrons. The molecule has 1 aromatic carbocycles. The first kappa shape index (κ1) is 7.74. The number of halogens is 1. The molecule has 2 rings (SSSR count). The minimum absolute atomic E-state index is 0.163. The lowest BCUT2D eigenvalue weighted by atomic mass is 10.1. The Kier molecular flexibility index (Phi) is 1.85. The largest absolute Gasteiger partial charge is 0.330 e. The molecule has 1 aliphatic carbocycles. The van der Waals surface area contributed by atoms with E-state index in [0.29, 0.717) is 11.8 Å². The van der Waals surface area contributed by atoms with Crippen LogP contribution in [-0.4, -0.2) is 6.54 Å². The molecule has 2 N–H and O–H groups in total. The maximum atomic E-state index is 12.5. The summed E-state index contributed by atoms with van der Waals surface area (Å²) < 4.78 is 12.5. The lowest BCUT2D eigenvalue weighted by molar-refractivity contribution is 0.626. The molecular weight excluding hydrogens is 153 g/mol. The molecule has 1 saturated carbocycles. The van der Waals surface area contributed by atoms with Gasteiger partial charge in [0.25, 0.3) is 0 Å². The average Bonchev–Trinajstić information content (AvgIpc) is 2.85. The fourth-order valence-corrected chi connectivity index (χ4v) is 1.63. The highest BCUT2D eigenvalue weighted by Gasteiger charge is 2.36. The van der Waals surface area contributed by atoms with Gasteiger partial charge in [0, 0.05) is 0 Å². The van der Waals surface area contributed by atoms with Gasteiger partial charge in [-0.25, -0.2) is 4.39 Å². The molecule has 0 spiro atoms. The van der Waals surface area contributed by atoms with Crippen LogP contribution in [0.1, 0.15) is 17.9 Å². The number of hydrogen-bond acceptors (Lipinski definition) is 1. The van der Waals surface area contributed by atoms with E-state index < -0.39 is 0 Å². The van der Waals surface area contributed by atoms with Crippen molar-refractivity contribution in [1.82, 2.24) is 0 Å². The number of nitrogens with two attached hydrogens (primary N) is 1. The van der Waals surface area contributed by atoms with Crippen LogP contribution < -0.4 is 5.73 Å². The van der Waals surface area contributed by atoms with Crippen LogP contribution in [0.4, 0.5) is 4.39 Å². The Morgan fingerprint density at radius 2 is 2.00 bits per heavy atom. The van der Waals surface area contributed by atoms with Gasteiger partial charge in [0.15, 0.2) is 0 Å². The van der Waals surface area contributed by atoms with Gasteiger partial charge in [-0.2, -0.15) is 0 Å². The van der Waals surface area contributed by atoms with Gasteiger partial charge in [0.2, 0.25) is 0 Å². The Morgan fingerprint density at radius 1 is 1.33 bits per heavy atom. The predicted molar refractivity (Wildman–Crippen MR) is 46.3 cm³/mol. The van der Waals surface area contributed by atoms with Gasteiger partial charge in [0.05, 0.1) is 0 Å². The summed E-state index contributed by atoms with van der Waals surface area (Å²) in [5.41, 5.74) is 6.75. The summed E-state index contributed by atoms with van der Waals surface area (Å²) in [4.78, 5) is 0. The zero-order valence-corrected chi connectivity index (χ0v) is 6.83. The quantitative estimate of drug-likeness (QED) is 0.711. The van der Waals surface area contributed by atoms with Gasteiger partial charge in [-0.1, -0.05) is 12.1 Å². The maximum absolute atomic E-state index is 12.5. The Bertz CT molecular complexity index is 268. The van der Waals surface area contributed by atoms with E-state index in [1.165, 1.54) is 24.1 Å². The van der Waals surface area contributed by atoms with Gasteiger partial charge in [-0.3, -0.25) is 0 Å². The molecule has 0 amide bonds. The molecule has 0 saturated heterocycles. The molecule has 1 aromatic rings. The lowest BCUT2D eigenvalue weighted by Gasteiger charge is -1.97. The zero-order valence-electron chi connectivity index (χ0n) is 6.83. The molecule has 0 heterocycles. The van der Waals surface area contributed by atoms with E-state index >= 15 is 0 Å². The first-order valence-corrected chi connectivity index (χ1v) is 4.27. The fourth-order valence-electron chi connectivity index (χ4n) is 1.63. The van der Waals surface area contributed by atoms with E-state index in [0.717, 1.165) is 6.54 Å². The molecule has 0 aliphatic heterocycles. The van der Waals surface area contributed by atoms with Crippen LogP contribution >= 0.6 is 0 Å². The van der Waals surface area contributed by atoms with Crippen molar-refractivity contribution in [1.29, 1.82) is 0 Å². The highest BCUT2D eigenvalue weighted by Crippen LogP contribution is 2.46. The molecule has 2 heteroatoms. The molecule has 12 heavy (non-hydrogen) atoms. The summed E-state index contributed by atoms with van der Waals surface area (Å²) in [6, 6.07) is 6.74. The van der Waals surface area contributed by atoms with E-state index in [-0.39, 0.29) is 5.82 Å². The third kappa shape index (κ3) is 1.34. The van der Waals surface area contributed by atoms with E-state index in [2.05, 4.69) is 0 Å². The summed E-state index contributed by atoms with van der Waals surface area (Å²) in [6.45, 7) is 0.752. The summed E-state index contributed by atoms with van der Waals surface area (Å²) in [6.07, 6.45) is 1.17. The fraction of sp³-hybridized carbons (Fsp3) is 0.400. The Hall–Kier alpha value is -0.890. The van der Waals surface area contributed by atoms with Crippen LogP contribution in [0.2, 0.25) is 0 Å². The third-order valence-electron chi connectivity index (χ3n) is 2.52. The lowest BCUT2D eigenvalue weighted by Crippen LogP contribution is -2.01. The molecule has 0 unspecified atom stereocenters. The molecule has 1 aliphatic rings. The van der Waals surface area contributed by atoms with Crippen molar-refractivity contribution in [2.75, 3.05) is 6.54 Å². The van der Waals surface area contributed by atoms with Gasteiger partial charge >= 0.3 is 0 Å². The molecule has 0 radical (unpaired) electrons. The SMILES string of the molecule is NC[C@H]1C[C@H]1c1ccc(F)cc1. The summed E-state index contributed by atoms with van der Waals surface area (Å²) in [5.74, 6) is 1.06. The van der Waals surface area contributed by atoms with Crippen LogP contribution in [0.15, 0.2) is 24.3 Å². The van der Waals surface area contributed by atoms with E-state index in [9.17, 15) is 4.39 Å². The number of rotatable bonds is 2. The van der Waals surface area contributed by atoms with E-state index in [1.54, 1.807) is 0 Å². The van der Waals surface area contributed by atoms with Crippen LogP contribution in [-0.2, 0) is 0 Å².